The van der Waals surface area contributed by atoms with E-state index < -0.39 is 35.9 Å². The monoisotopic (exact) mass is 853 g/mol. The number of hydrogen-bond acceptors (Lipinski definition) is 12. The predicted octanol–water partition coefficient (Wildman–Crippen LogP) is 5.26. The zero-order valence-electron chi connectivity index (χ0n) is 35.0. The number of pyridine rings is 1. The van der Waals surface area contributed by atoms with Crippen LogP contribution in [0.1, 0.15) is 57.1 Å². The number of anilines is 5. The minimum absolute atomic E-state index is 0.0142. The Hall–Kier alpha value is -5.91. The highest BCUT2D eigenvalue weighted by molar-refractivity contribution is 6.04. The maximum absolute atomic E-state index is 15.3. The molecule has 5 aromatic rings. The van der Waals surface area contributed by atoms with Crippen molar-refractivity contribution in [3.63, 3.8) is 0 Å². The molecule has 7 heterocycles. The van der Waals surface area contributed by atoms with Crippen LogP contribution in [0.2, 0.25) is 0 Å². The average molecular weight is 854 g/mol. The van der Waals surface area contributed by atoms with E-state index in [9.17, 15) is 14.4 Å². The number of ether oxygens (including phenoxy) is 1. The molecule has 0 radical (unpaired) electrons. The van der Waals surface area contributed by atoms with Gasteiger partial charge in [0.1, 0.15) is 0 Å². The quantitative estimate of drug-likeness (QED) is 0.175. The lowest BCUT2D eigenvalue weighted by Gasteiger charge is -2.43. The van der Waals surface area contributed by atoms with Crippen molar-refractivity contribution in [3.8, 4) is 5.75 Å². The Morgan fingerprint density at radius 1 is 0.968 bits per heavy atom. The van der Waals surface area contributed by atoms with Crippen molar-refractivity contribution in [1.29, 1.82) is 0 Å². The van der Waals surface area contributed by atoms with Gasteiger partial charge in [-0.2, -0.15) is 10.1 Å². The van der Waals surface area contributed by atoms with E-state index in [1.165, 1.54) is 4.57 Å². The van der Waals surface area contributed by atoms with Crippen molar-refractivity contribution in [2.45, 2.75) is 69.4 Å². The Bertz CT molecular complexity index is 2660. The number of para-hydroxylation sites is 1. The molecule has 1 saturated carbocycles. The fraction of sp³-hybridized carbons (Fsp3) is 0.500. The van der Waals surface area contributed by atoms with Crippen molar-refractivity contribution in [2.24, 2.45) is 25.9 Å². The summed E-state index contributed by atoms with van der Waals surface area (Å²) < 4.78 is 54.3. The molecule has 3 saturated heterocycles. The topological polar surface area (TPSA) is 155 Å². The number of imide groups is 1. The van der Waals surface area contributed by atoms with Crippen LogP contribution in [0, 0.1) is 17.7 Å². The molecule has 2 aromatic carbocycles. The minimum Gasteiger partial charge on any atom is -0.480 e. The van der Waals surface area contributed by atoms with Gasteiger partial charge in [-0.3, -0.25) is 29.3 Å². The number of carbonyl (C=O) groups excluding carboxylic acids is 2. The second-order valence-electron chi connectivity index (χ2n) is 17.7. The van der Waals surface area contributed by atoms with Crippen LogP contribution in [0.4, 0.5) is 42.0 Å². The van der Waals surface area contributed by atoms with E-state index in [4.69, 9.17) is 9.84 Å². The highest BCUT2D eigenvalue weighted by Crippen LogP contribution is 2.46. The van der Waals surface area contributed by atoms with E-state index in [-0.39, 0.29) is 35.0 Å². The minimum atomic E-state index is -3.16. The Morgan fingerprint density at radius 3 is 2.53 bits per heavy atom. The van der Waals surface area contributed by atoms with Gasteiger partial charge in [-0.15, -0.1) is 0 Å². The summed E-state index contributed by atoms with van der Waals surface area (Å²) in [5.74, 6) is -4.28. The molecule has 0 bridgehead atoms. The van der Waals surface area contributed by atoms with Crippen LogP contribution in [-0.2, 0) is 23.7 Å². The molecule has 15 nitrogen and oxygen atoms in total. The zero-order valence-corrected chi connectivity index (χ0v) is 35.0. The molecule has 4 aliphatic heterocycles. The Kier molecular flexibility index (Phi) is 10.0. The number of aryl methyl sites for hydroxylation is 2. The van der Waals surface area contributed by atoms with Gasteiger partial charge >= 0.3 is 5.92 Å². The third-order valence-electron chi connectivity index (χ3n) is 13.5. The van der Waals surface area contributed by atoms with Gasteiger partial charge in [0.15, 0.2) is 18.2 Å². The van der Waals surface area contributed by atoms with Crippen LogP contribution in [0.15, 0.2) is 47.4 Å². The average Bonchev–Trinajstić information content (AvgIpc) is 4.06. The smallest absolute Gasteiger partial charge is 0.301 e. The second kappa shape index (κ2) is 15.5. The lowest BCUT2D eigenvalue weighted by Crippen LogP contribution is -2.54. The molecule has 1 unspecified atom stereocenters. The number of nitrogens with zero attached hydrogens (tertiary/aromatic N) is 8. The van der Waals surface area contributed by atoms with Gasteiger partial charge in [-0.25, -0.2) is 18.2 Å². The van der Waals surface area contributed by atoms with Crippen LogP contribution in [0.5, 0.6) is 5.75 Å². The number of rotatable bonds is 8. The number of benzene rings is 2. The summed E-state index contributed by atoms with van der Waals surface area (Å²) >= 11 is 0. The molecule has 10 rings (SSSR count). The highest BCUT2D eigenvalue weighted by atomic mass is 19.3. The van der Waals surface area contributed by atoms with E-state index in [1.807, 2.05) is 23.9 Å². The number of fused-ring (bicyclic) bond motifs is 4. The fourth-order valence-electron chi connectivity index (χ4n) is 9.96. The normalized spacial score (nSPS) is 23.5. The molecule has 326 valence electrons. The number of hydrogen-bond donors (Lipinski definition) is 3. The summed E-state index contributed by atoms with van der Waals surface area (Å²) in [7, 11) is 3.48. The third kappa shape index (κ3) is 7.24. The summed E-state index contributed by atoms with van der Waals surface area (Å²) in [6.07, 6.45) is 5.12. The van der Waals surface area contributed by atoms with Crippen molar-refractivity contribution < 1.29 is 27.5 Å². The molecular weight excluding hydrogens is 804 g/mol. The van der Waals surface area contributed by atoms with Gasteiger partial charge in [0.05, 0.1) is 46.3 Å². The van der Waals surface area contributed by atoms with Gasteiger partial charge in [-0.05, 0) is 75.1 Å². The lowest BCUT2D eigenvalue weighted by molar-refractivity contribution is -0.134. The van der Waals surface area contributed by atoms with Gasteiger partial charge in [0.2, 0.25) is 23.5 Å². The van der Waals surface area contributed by atoms with Crippen LogP contribution < -0.4 is 36.0 Å². The van der Waals surface area contributed by atoms with E-state index >= 15 is 13.2 Å². The third-order valence-corrected chi connectivity index (χ3v) is 13.5. The van der Waals surface area contributed by atoms with E-state index in [0.717, 1.165) is 74.9 Å². The number of nitrogens with one attached hydrogen (secondary N) is 3. The number of halogens is 3. The number of alkyl halides is 2. The fourth-order valence-corrected chi connectivity index (χ4v) is 9.96. The SMILES string of the molecule is C[C@@H]1CN(c2cccc3c(C4CCC(=O)NC4=O)nn(C)c23)CCN1CC1CCN(c2ncc(F)c(Nc3ccc4c(c3)c3c(c(=O)n4C)OCC(F)(F)[C@H](C4CC4)N3)n2)CC1. The number of aromatic nitrogens is 5. The van der Waals surface area contributed by atoms with Crippen LogP contribution in [0.25, 0.3) is 21.8 Å². The summed E-state index contributed by atoms with van der Waals surface area (Å²) in [6.45, 7) is 6.36. The second-order valence-corrected chi connectivity index (χ2v) is 17.7. The molecule has 4 fully saturated rings. The van der Waals surface area contributed by atoms with Crippen molar-refractivity contribution >= 4 is 62.4 Å². The summed E-state index contributed by atoms with van der Waals surface area (Å²) in [5.41, 5.74) is 3.48. The van der Waals surface area contributed by atoms with Gasteiger partial charge in [0, 0.05) is 82.3 Å². The van der Waals surface area contributed by atoms with E-state index in [2.05, 4.69) is 53.6 Å². The number of piperidine rings is 2. The summed E-state index contributed by atoms with van der Waals surface area (Å²) in [5, 5.41) is 14.8. The number of carbonyl (C=O) groups is 2. The van der Waals surface area contributed by atoms with E-state index in [1.54, 1.807) is 25.2 Å². The first kappa shape index (κ1) is 40.2. The molecule has 3 aromatic heterocycles. The first-order chi connectivity index (χ1) is 29.8. The molecule has 1 aliphatic carbocycles. The molecule has 3 N–H and O–H groups in total. The van der Waals surface area contributed by atoms with Crippen LogP contribution >= 0.6 is 0 Å². The predicted molar refractivity (Wildman–Crippen MR) is 229 cm³/mol. The first-order valence-electron chi connectivity index (χ1n) is 21.6. The maximum Gasteiger partial charge on any atom is 0.301 e. The Morgan fingerprint density at radius 2 is 1.77 bits per heavy atom. The Balaban J connectivity index is 0.788. The van der Waals surface area contributed by atoms with Crippen molar-refractivity contribution in [2.75, 3.05) is 66.3 Å². The van der Waals surface area contributed by atoms with E-state index in [0.29, 0.717) is 65.9 Å². The lowest BCUT2D eigenvalue weighted by atomic mass is 9.92. The standard InChI is InChI=1S/C44H50F3N11O4/c1-24-21-58(33-6-4-5-28-35(53-55(3)37(28)33)29-10-12-34(59)50-41(29)60)18-17-57(24)22-25-13-15-56(16-14-25)43-48-20-31(45)40(52-43)49-27-9-11-32-30(19-27)36-38(42(61)54(32)2)62-23-44(46,47)39(51-36)26-7-8-26/h4-6,9,11,19-20,24-26,29,39,51H,7-8,10,12-18,21-23H2,1-3H3,(H,48,49,52)(H,50,59,60)/t24-,29?,39+/m1/s1. The molecule has 18 heteroatoms. The zero-order chi connectivity index (χ0) is 43.0. The van der Waals surface area contributed by atoms with Crippen molar-refractivity contribution in [3.05, 3.63) is 64.5 Å². The van der Waals surface area contributed by atoms with Crippen LogP contribution in [-0.4, -0.2) is 105 Å². The summed E-state index contributed by atoms with van der Waals surface area (Å²) in [6, 6.07) is 10.4. The molecule has 2 amide bonds. The van der Waals surface area contributed by atoms with Crippen LogP contribution in [0.3, 0.4) is 0 Å². The molecular formula is C44H50F3N11O4. The molecule has 3 atom stereocenters. The Labute approximate surface area is 355 Å². The largest absolute Gasteiger partial charge is 0.480 e. The van der Waals surface area contributed by atoms with Gasteiger partial charge in [0.25, 0.3) is 5.56 Å². The molecule has 5 aliphatic rings. The highest BCUT2D eigenvalue weighted by Gasteiger charge is 2.51. The maximum atomic E-state index is 15.3. The number of piperazine rings is 1. The first-order valence-corrected chi connectivity index (χ1v) is 21.6. The molecule has 0 spiro atoms. The van der Waals surface area contributed by atoms with Gasteiger partial charge in [-0.1, -0.05) is 12.1 Å². The van der Waals surface area contributed by atoms with Gasteiger partial charge < -0.3 is 29.7 Å². The van der Waals surface area contributed by atoms with Crippen molar-refractivity contribution in [1.82, 2.24) is 34.5 Å². The molecule has 62 heavy (non-hydrogen) atoms. The summed E-state index contributed by atoms with van der Waals surface area (Å²) in [4.78, 5) is 53.8. The number of amides is 2.